The Bertz CT molecular complexity index is 1400. The van der Waals surface area contributed by atoms with Gasteiger partial charge in [-0.05, 0) is 48.0 Å². The molecule has 0 saturated carbocycles. The second-order valence-corrected chi connectivity index (χ2v) is 6.41. The van der Waals surface area contributed by atoms with Crippen LogP contribution in [0.25, 0.3) is 29.4 Å². The van der Waals surface area contributed by atoms with E-state index < -0.39 is 0 Å². The number of nitrogens with one attached hydrogen (secondary N) is 1. The number of rotatable bonds is 2. The van der Waals surface area contributed by atoms with Crippen molar-refractivity contribution in [3.63, 3.8) is 0 Å². The zero-order valence-electron chi connectivity index (χ0n) is 14.9. The highest BCUT2D eigenvalue weighted by Crippen LogP contribution is 2.14. The number of aromatic nitrogens is 4. The highest BCUT2D eigenvalue weighted by atomic mass is 19.1. The third-order valence-electron chi connectivity index (χ3n) is 4.70. The maximum atomic E-state index is 13.1. The first-order chi connectivity index (χ1) is 12.9. The molecule has 0 aliphatic carbocycles. The first kappa shape index (κ1) is 16.8. The summed E-state index contributed by atoms with van der Waals surface area (Å²) in [7, 11) is 3.43. The van der Waals surface area contributed by atoms with Crippen molar-refractivity contribution >= 4 is 23.7 Å². The van der Waals surface area contributed by atoms with Gasteiger partial charge in [0.05, 0.1) is 27.3 Å². The van der Waals surface area contributed by atoms with Gasteiger partial charge in [0.1, 0.15) is 5.82 Å². The van der Waals surface area contributed by atoms with Gasteiger partial charge in [0.15, 0.2) is 0 Å². The topological polar surface area (TPSA) is 64.7 Å². The second-order valence-electron chi connectivity index (χ2n) is 6.41. The smallest absolute Gasteiger partial charge is 0.295 e. The monoisotopic (exact) mass is 364 g/mol. The van der Waals surface area contributed by atoms with Gasteiger partial charge in [0, 0.05) is 14.1 Å². The van der Waals surface area contributed by atoms with E-state index in [-0.39, 0.29) is 17.1 Å². The molecule has 27 heavy (non-hydrogen) atoms. The van der Waals surface area contributed by atoms with Crippen molar-refractivity contribution in [1.29, 1.82) is 0 Å². The number of aromatic amines is 1. The van der Waals surface area contributed by atoms with E-state index in [1.807, 2.05) is 18.2 Å². The summed E-state index contributed by atoms with van der Waals surface area (Å²) in [5.41, 5.74) is 2.49. The van der Waals surface area contributed by atoms with E-state index in [0.717, 1.165) is 16.6 Å². The molecule has 0 radical (unpaired) electrons. The Kier molecular flexibility index (Phi) is 3.73. The first-order valence-electron chi connectivity index (χ1n) is 8.30. The van der Waals surface area contributed by atoms with Crippen LogP contribution in [0.3, 0.4) is 0 Å². The fourth-order valence-corrected chi connectivity index (χ4v) is 3.20. The molecule has 0 aliphatic rings. The first-order valence-corrected chi connectivity index (χ1v) is 8.30. The van der Waals surface area contributed by atoms with Gasteiger partial charge in [-0.1, -0.05) is 12.6 Å². The lowest BCUT2D eigenvalue weighted by Gasteiger charge is -1.99. The minimum atomic E-state index is -0.373. The van der Waals surface area contributed by atoms with Crippen LogP contribution in [0.4, 0.5) is 4.39 Å². The van der Waals surface area contributed by atoms with Crippen LogP contribution in [0.1, 0.15) is 5.56 Å². The van der Waals surface area contributed by atoms with E-state index in [4.69, 9.17) is 0 Å². The largest absolute Gasteiger partial charge is 0.328 e. The third-order valence-corrected chi connectivity index (χ3v) is 4.70. The van der Waals surface area contributed by atoms with Crippen LogP contribution in [0.2, 0.25) is 0 Å². The van der Waals surface area contributed by atoms with Crippen molar-refractivity contribution < 1.29 is 4.39 Å². The molecule has 136 valence electrons. The predicted octanol–water partition coefficient (Wildman–Crippen LogP) is 0.734. The average Bonchev–Trinajstić information content (AvgIpc) is 3.05. The highest BCUT2D eigenvalue weighted by Gasteiger charge is 2.09. The standard InChI is InChI=1S/C20H17FN4O2/c1-12-16(19(26)25(22-12)15-7-5-14(21)6-8-15)10-13-4-9-17-18(11-13)24(3)20(27)23(17)2/h4-11,22H,1H2,2-3H3/b16-10+. The summed E-state index contributed by atoms with van der Waals surface area (Å²) in [4.78, 5) is 24.8. The van der Waals surface area contributed by atoms with E-state index in [9.17, 15) is 14.0 Å². The van der Waals surface area contributed by atoms with Gasteiger partial charge >= 0.3 is 5.69 Å². The molecule has 0 saturated heterocycles. The SMILES string of the molecule is C=c1[nH]n(-c2ccc(F)cc2)c(=O)/c1=C/c1ccc2c(c1)n(C)c(=O)n2C. The predicted molar refractivity (Wildman–Crippen MR) is 103 cm³/mol. The summed E-state index contributed by atoms with van der Waals surface area (Å²) in [6, 6.07) is 11.2. The number of hydrogen-bond acceptors (Lipinski definition) is 2. The Morgan fingerprint density at radius 2 is 1.67 bits per heavy atom. The minimum absolute atomic E-state index is 0.111. The number of aryl methyl sites for hydroxylation is 2. The number of fused-ring (bicyclic) bond motifs is 1. The van der Waals surface area contributed by atoms with Crippen LogP contribution < -0.4 is 21.8 Å². The zero-order chi connectivity index (χ0) is 19.3. The van der Waals surface area contributed by atoms with Gasteiger partial charge in [-0.15, -0.1) is 0 Å². The Hall–Kier alpha value is -3.61. The maximum Gasteiger partial charge on any atom is 0.328 e. The summed E-state index contributed by atoms with van der Waals surface area (Å²) in [6.07, 6.45) is 1.72. The van der Waals surface area contributed by atoms with Gasteiger partial charge in [0.2, 0.25) is 0 Å². The van der Waals surface area contributed by atoms with E-state index in [0.29, 0.717) is 16.3 Å². The molecule has 0 fully saturated rings. The number of nitrogens with zero attached hydrogens (tertiary/aromatic N) is 3. The average molecular weight is 364 g/mol. The van der Waals surface area contributed by atoms with Gasteiger partial charge in [-0.25, -0.2) is 13.9 Å². The van der Waals surface area contributed by atoms with Crippen LogP contribution in [-0.4, -0.2) is 18.9 Å². The van der Waals surface area contributed by atoms with Crippen molar-refractivity contribution in [2.75, 3.05) is 0 Å². The number of hydrogen-bond donors (Lipinski definition) is 1. The molecule has 2 aromatic heterocycles. The summed E-state index contributed by atoms with van der Waals surface area (Å²) in [5, 5.41) is 3.76. The van der Waals surface area contributed by atoms with E-state index in [2.05, 4.69) is 11.7 Å². The second kappa shape index (κ2) is 5.98. The van der Waals surface area contributed by atoms with Crippen LogP contribution >= 0.6 is 0 Å². The number of halogens is 1. The van der Waals surface area contributed by atoms with Crippen molar-refractivity contribution in [3.8, 4) is 5.69 Å². The summed E-state index contributed by atoms with van der Waals surface area (Å²) < 4.78 is 17.6. The highest BCUT2D eigenvalue weighted by molar-refractivity contribution is 5.79. The Labute approximate surface area is 152 Å². The normalized spacial score (nSPS) is 12.2. The molecular weight excluding hydrogens is 347 g/mol. The van der Waals surface area contributed by atoms with Crippen LogP contribution in [0.15, 0.2) is 52.1 Å². The fourth-order valence-electron chi connectivity index (χ4n) is 3.20. The summed E-state index contributed by atoms with van der Waals surface area (Å²) >= 11 is 0. The lowest BCUT2D eigenvalue weighted by atomic mass is 10.1. The lowest BCUT2D eigenvalue weighted by molar-refractivity contribution is 0.627. The molecule has 2 aromatic carbocycles. The molecule has 0 bridgehead atoms. The molecule has 4 aromatic rings. The van der Waals surface area contributed by atoms with Crippen LogP contribution in [-0.2, 0) is 14.1 Å². The summed E-state index contributed by atoms with van der Waals surface area (Å²) in [5.74, 6) is -0.373. The molecule has 2 heterocycles. The van der Waals surface area contributed by atoms with Gasteiger partial charge in [-0.2, -0.15) is 0 Å². The van der Waals surface area contributed by atoms with Crippen molar-refractivity contribution in [2.45, 2.75) is 0 Å². The molecule has 0 amide bonds. The van der Waals surface area contributed by atoms with Crippen molar-refractivity contribution in [1.82, 2.24) is 18.9 Å². The Morgan fingerprint density at radius 1 is 1.00 bits per heavy atom. The minimum Gasteiger partial charge on any atom is -0.295 e. The Morgan fingerprint density at radius 3 is 2.37 bits per heavy atom. The van der Waals surface area contributed by atoms with Crippen molar-refractivity contribution in [3.05, 3.63) is 85.3 Å². The molecule has 0 atom stereocenters. The van der Waals surface area contributed by atoms with Crippen LogP contribution in [0.5, 0.6) is 0 Å². The maximum absolute atomic E-state index is 13.1. The quantitative estimate of drug-likeness (QED) is 0.570. The summed E-state index contributed by atoms with van der Waals surface area (Å²) in [6.45, 7) is 3.90. The molecule has 0 unspecified atom stereocenters. The van der Waals surface area contributed by atoms with E-state index in [1.165, 1.54) is 28.9 Å². The van der Waals surface area contributed by atoms with E-state index in [1.54, 1.807) is 29.3 Å². The van der Waals surface area contributed by atoms with Crippen LogP contribution in [0, 0.1) is 5.82 Å². The molecule has 7 heteroatoms. The molecule has 6 nitrogen and oxygen atoms in total. The number of H-pyrrole nitrogens is 1. The molecule has 1 N–H and O–H groups in total. The van der Waals surface area contributed by atoms with E-state index >= 15 is 0 Å². The molecule has 4 rings (SSSR count). The molecular formula is C20H17FN4O2. The number of benzene rings is 2. The fraction of sp³-hybridized carbons (Fsp3) is 0.100. The zero-order valence-corrected chi connectivity index (χ0v) is 14.9. The van der Waals surface area contributed by atoms with Gasteiger partial charge in [0.25, 0.3) is 5.56 Å². The van der Waals surface area contributed by atoms with Gasteiger partial charge in [-0.3, -0.25) is 19.0 Å². The lowest BCUT2D eigenvalue weighted by Crippen LogP contribution is -2.33. The van der Waals surface area contributed by atoms with Crippen molar-refractivity contribution in [2.24, 2.45) is 14.1 Å². The molecule has 0 spiro atoms. The Balaban J connectivity index is 1.90. The molecule has 0 aliphatic heterocycles. The van der Waals surface area contributed by atoms with Gasteiger partial charge < -0.3 is 0 Å². The number of imidazole rings is 1. The third kappa shape index (κ3) is 2.64.